The SMILES string of the molecule is FC(F)(F)C1(Nc2nccnc2Cl)CC1. The number of rotatable bonds is 2. The lowest BCUT2D eigenvalue weighted by Gasteiger charge is -2.21. The van der Waals surface area contributed by atoms with Gasteiger partial charge in [-0.3, -0.25) is 0 Å². The van der Waals surface area contributed by atoms with Crippen LogP contribution in [-0.2, 0) is 0 Å². The van der Waals surface area contributed by atoms with Gasteiger partial charge >= 0.3 is 6.18 Å². The molecule has 1 aliphatic carbocycles. The van der Waals surface area contributed by atoms with Crippen molar-refractivity contribution in [3.05, 3.63) is 17.5 Å². The van der Waals surface area contributed by atoms with Crippen LogP contribution in [0.15, 0.2) is 12.4 Å². The molecule has 0 saturated heterocycles. The van der Waals surface area contributed by atoms with E-state index >= 15 is 0 Å². The van der Waals surface area contributed by atoms with Gasteiger partial charge in [0.2, 0.25) is 0 Å². The van der Waals surface area contributed by atoms with Crippen LogP contribution >= 0.6 is 11.6 Å². The summed E-state index contributed by atoms with van der Waals surface area (Å²) < 4.78 is 37.7. The molecule has 15 heavy (non-hydrogen) atoms. The Morgan fingerprint density at radius 2 is 1.87 bits per heavy atom. The average molecular weight is 238 g/mol. The van der Waals surface area contributed by atoms with Crippen LogP contribution in [0.5, 0.6) is 0 Å². The van der Waals surface area contributed by atoms with Crippen LogP contribution in [0.25, 0.3) is 0 Å². The highest BCUT2D eigenvalue weighted by Gasteiger charge is 2.63. The Balaban J connectivity index is 2.20. The minimum absolute atomic E-state index is 0.0195. The molecule has 0 atom stereocenters. The van der Waals surface area contributed by atoms with E-state index in [1.807, 2.05) is 0 Å². The Morgan fingerprint density at radius 3 is 2.33 bits per heavy atom. The average Bonchev–Trinajstić information content (AvgIpc) is 2.89. The Morgan fingerprint density at radius 1 is 1.27 bits per heavy atom. The Kier molecular flexibility index (Phi) is 2.26. The van der Waals surface area contributed by atoms with E-state index in [1.54, 1.807) is 0 Å². The zero-order valence-corrected chi connectivity index (χ0v) is 8.23. The van der Waals surface area contributed by atoms with Gasteiger partial charge in [0.05, 0.1) is 0 Å². The maximum atomic E-state index is 12.6. The first-order valence-electron chi connectivity index (χ1n) is 4.26. The van der Waals surface area contributed by atoms with Crippen molar-refractivity contribution in [2.45, 2.75) is 24.6 Å². The van der Waals surface area contributed by atoms with E-state index in [-0.39, 0.29) is 23.8 Å². The van der Waals surface area contributed by atoms with Gasteiger partial charge in [-0.25, -0.2) is 9.97 Å². The van der Waals surface area contributed by atoms with Crippen molar-refractivity contribution in [2.75, 3.05) is 5.32 Å². The van der Waals surface area contributed by atoms with Crippen LogP contribution < -0.4 is 5.32 Å². The maximum absolute atomic E-state index is 12.6. The molecular weight excluding hydrogens is 231 g/mol. The van der Waals surface area contributed by atoms with Crippen LogP contribution in [0, 0.1) is 0 Å². The third-order valence-corrected chi connectivity index (χ3v) is 2.58. The lowest BCUT2D eigenvalue weighted by molar-refractivity contribution is -0.151. The van der Waals surface area contributed by atoms with E-state index in [1.165, 1.54) is 12.4 Å². The van der Waals surface area contributed by atoms with E-state index < -0.39 is 11.7 Å². The summed E-state index contributed by atoms with van der Waals surface area (Å²) >= 11 is 5.60. The van der Waals surface area contributed by atoms with Gasteiger partial charge in [-0.1, -0.05) is 11.6 Å². The second kappa shape index (κ2) is 3.23. The fourth-order valence-corrected chi connectivity index (χ4v) is 1.39. The first-order chi connectivity index (χ1) is 6.95. The molecule has 0 unspecified atom stereocenters. The molecule has 0 amide bonds. The van der Waals surface area contributed by atoms with Crippen molar-refractivity contribution >= 4 is 17.4 Å². The first kappa shape index (κ1) is 10.5. The van der Waals surface area contributed by atoms with Gasteiger partial charge < -0.3 is 5.32 Å². The zero-order chi connectivity index (χ0) is 11.1. The van der Waals surface area contributed by atoms with Crippen LogP contribution in [0.1, 0.15) is 12.8 Å². The number of anilines is 1. The quantitative estimate of drug-likeness (QED) is 0.859. The molecule has 1 heterocycles. The third-order valence-electron chi connectivity index (χ3n) is 2.30. The molecular formula is C8H7ClF3N3. The minimum atomic E-state index is -4.28. The van der Waals surface area contributed by atoms with Gasteiger partial charge in [0, 0.05) is 12.4 Å². The molecule has 82 valence electrons. The lowest BCUT2D eigenvalue weighted by atomic mass is 10.2. The molecule has 1 fully saturated rings. The fraction of sp³-hybridized carbons (Fsp3) is 0.500. The monoisotopic (exact) mass is 237 g/mol. The van der Waals surface area contributed by atoms with Crippen molar-refractivity contribution in [1.82, 2.24) is 9.97 Å². The molecule has 0 radical (unpaired) electrons. The number of halogens is 4. The Bertz CT molecular complexity index is 376. The summed E-state index contributed by atoms with van der Waals surface area (Å²) in [5.74, 6) is -0.0195. The van der Waals surface area contributed by atoms with Crippen molar-refractivity contribution in [3.8, 4) is 0 Å². The van der Waals surface area contributed by atoms with E-state index in [4.69, 9.17) is 11.6 Å². The van der Waals surface area contributed by atoms with Crippen molar-refractivity contribution in [3.63, 3.8) is 0 Å². The fourth-order valence-electron chi connectivity index (χ4n) is 1.24. The molecule has 1 aromatic rings. The van der Waals surface area contributed by atoms with E-state index in [0.29, 0.717) is 0 Å². The second-order valence-electron chi connectivity index (χ2n) is 3.40. The Labute approximate surface area is 88.7 Å². The third kappa shape index (κ3) is 1.86. The summed E-state index contributed by atoms with van der Waals surface area (Å²) in [7, 11) is 0. The molecule has 1 aliphatic rings. The Hall–Kier alpha value is -1.04. The van der Waals surface area contributed by atoms with Crippen LogP contribution in [0.2, 0.25) is 5.15 Å². The van der Waals surface area contributed by atoms with Gasteiger partial charge in [-0.15, -0.1) is 0 Å². The number of nitrogens with one attached hydrogen (secondary N) is 1. The lowest BCUT2D eigenvalue weighted by Crippen LogP contribution is -2.39. The van der Waals surface area contributed by atoms with Gasteiger partial charge in [-0.2, -0.15) is 13.2 Å². The molecule has 2 rings (SSSR count). The highest BCUT2D eigenvalue weighted by atomic mass is 35.5. The van der Waals surface area contributed by atoms with E-state index in [9.17, 15) is 13.2 Å². The van der Waals surface area contributed by atoms with Gasteiger partial charge in [0.15, 0.2) is 11.0 Å². The summed E-state index contributed by atoms with van der Waals surface area (Å²) in [6.07, 6.45) is -1.58. The van der Waals surface area contributed by atoms with E-state index in [0.717, 1.165) is 0 Å². The number of hydrogen-bond donors (Lipinski definition) is 1. The number of alkyl halides is 3. The number of aromatic nitrogens is 2. The topological polar surface area (TPSA) is 37.8 Å². The largest absolute Gasteiger partial charge is 0.411 e. The summed E-state index contributed by atoms with van der Waals surface area (Å²) in [5.41, 5.74) is -1.85. The summed E-state index contributed by atoms with van der Waals surface area (Å²) in [6.45, 7) is 0. The molecule has 0 spiro atoms. The summed E-state index contributed by atoms with van der Waals surface area (Å²) in [4.78, 5) is 7.36. The van der Waals surface area contributed by atoms with Crippen molar-refractivity contribution in [1.29, 1.82) is 0 Å². The molecule has 0 aromatic carbocycles. The normalized spacial score (nSPS) is 18.7. The summed E-state index contributed by atoms with van der Waals surface area (Å²) in [5, 5.41) is 2.26. The molecule has 3 nitrogen and oxygen atoms in total. The van der Waals surface area contributed by atoms with Crippen molar-refractivity contribution < 1.29 is 13.2 Å². The molecule has 1 aromatic heterocycles. The molecule has 7 heteroatoms. The predicted octanol–water partition coefficient (Wildman–Crippen LogP) is 2.64. The second-order valence-corrected chi connectivity index (χ2v) is 3.76. The minimum Gasteiger partial charge on any atom is -0.354 e. The first-order valence-corrected chi connectivity index (χ1v) is 4.64. The smallest absolute Gasteiger partial charge is 0.354 e. The predicted molar refractivity (Wildman–Crippen MR) is 48.7 cm³/mol. The zero-order valence-electron chi connectivity index (χ0n) is 7.48. The van der Waals surface area contributed by atoms with Crippen molar-refractivity contribution in [2.24, 2.45) is 0 Å². The maximum Gasteiger partial charge on any atom is 0.411 e. The summed E-state index contributed by atoms with van der Waals surface area (Å²) in [6, 6.07) is 0. The van der Waals surface area contributed by atoms with E-state index in [2.05, 4.69) is 15.3 Å². The van der Waals surface area contributed by atoms with Gasteiger partial charge in [0.1, 0.15) is 5.54 Å². The van der Waals surface area contributed by atoms with Crippen LogP contribution in [0.3, 0.4) is 0 Å². The highest BCUT2D eigenvalue weighted by molar-refractivity contribution is 6.31. The molecule has 1 saturated carbocycles. The standard InChI is InChI=1S/C8H7ClF3N3/c9-5-6(14-4-3-13-5)15-7(1-2-7)8(10,11)12/h3-4H,1-2H2,(H,14,15). The number of hydrogen-bond acceptors (Lipinski definition) is 3. The number of nitrogens with zero attached hydrogens (tertiary/aromatic N) is 2. The van der Waals surface area contributed by atoms with Gasteiger partial charge in [0.25, 0.3) is 0 Å². The molecule has 0 bridgehead atoms. The van der Waals surface area contributed by atoms with Crippen LogP contribution in [-0.4, -0.2) is 21.7 Å². The molecule has 1 N–H and O–H groups in total. The molecule has 0 aliphatic heterocycles. The van der Waals surface area contributed by atoms with Gasteiger partial charge in [-0.05, 0) is 12.8 Å². The highest BCUT2D eigenvalue weighted by Crippen LogP contribution is 2.51. The van der Waals surface area contributed by atoms with Crippen LogP contribution in [0.4, 0.5) is 19.0 Å².